The van der Waals surface area contributed by atoms with Crippen molar-refractivity contribution in [1.29, 1.82) is 0 Å². The highest BCUT2D eigenvalue weighted by atomic mass is 16.5. The average Bonchev–Trinajstić information content (AvgIpc) is 3.40. The van der Waals surface area contributed by atoms with Gasteiger partial charge >= 0.3 is 0 Å². The second-order valence-corrected chi connectivity index (χ2v) is 9.83. The molecule has 0 radical (unpaired) electrons. The van der Waals surface area contributed by atoms with Crippen molar-refractivity contribution in [2.24, 2.45) is 0 Å². The van der Waals surface area contributed by atoms with Crippen LogP contribution in [-0.2, 0) is 6.54 Å². The monoisotopic (exact) mass is 486 g/mol. The third-order valence-electron chi connectivity index (χ3n) is 7.74. The topological polar surface area (TPSA) is 34.2 Å². The van der Waals surface area contributed by atoms with Gasteiger partial charge in [0.05, 0.1) is 26.4 Å². The summed E-state index contributed by atoms with van der Waals surface area (Å²) < 4.78 is 17.4. The van der Waals surface area contributed by atoms with Crippen LogP contribution in [0.1, 0.15) is 42.4 Å². The molecule has 2 aliphatic rings. The smallest absolute Gasteiger partial charge is 0.131 e. The average molecular weight is 487 g/mol. The van der Waals surface area contributed by atoms with E-state index in [4.69, 9.17) is 14.2 Å². The molecule has 3 aromatic rings. The highest BCUT2D eigenvalue weighted by molar-refractivity contribution is 5.51. The van der Waals surface area contributed by atoms with Gasteiger partial charge in [-0.3, -0.25) is 9.80 Å². The highest BCUT2D eigenvalue weighted by Gasteiger charge is 2.42. The summed E-state index contributed by atoms with van der Waals surface area (Å²) in [5.41, 5.74) is 3.87. The lowest BCUT2D eigenvalue weighted by molar-refractivity contribution is 0.0376. The Morgan fingerprint density at radius 3 is 2.14 bits per heavy atom. The Labute approximate surface area is 215 Å². The number of benzene rings is 3. The van der Waals surface area contributed by atoms with Gasteiger partial charge in [-0.15, -0.1) is 0 Å². The Bertz CT molecular complexity index is 1080. The van der Waals surface area contributed by atoms with Crippen LogP contribution in [0.15, 0.2) is 72.8 Å². The Kier molecular flexibility index (Phi) is 7.78. The second kappa shape index (κ2) is 11.4. The molecule has 5 rings (SSSR count). The molecule has 2 saturated heterocycles. The van der Waals surface area contributed by atoms with Crippen LogP contribution in [0.4, 0.5) is 0 Å². The fourth-order valence-electron chi connectivity index (χ4n) is 6.18. The molecule has 5 heteroatoms. The third-order valence-corrected chi connectivity index (χ3v) is 7.74. The summed E-state index contributed by atoms with van der Waals surface area (Å²) in [6, 6.07) is 27.0. The quantitative estimate of drug-likeness (QED) is 0.394. The molecule has 190 valence electrons. The summed E-state index contributed by atoms with van der Waals surface area (Å²) >= 11 is 0. The first-order chi connectivity index (χ1) is 17.7. The van der Waals surface area contributed by atoms with Crippen LogP contribution in [0.25, 0.3) is 0 Å². The number of hydrogen-bond acceptors (Lipinski definition) is 5. The summed E-state index contributed by atoms with van der Waals surface area (Å²) in [5.74, 6) is 2.75. The van der Waals surface area contributed by atoms with E-state index < -0.39 is 0 Å². The normalized spacial score (nSPS) is 20.3. The maximum atomic E-state index is 6.07. The van der Waals surface area contributed by atoms with E-state index in [1.807, 2.05) is 19.1 Å². The van der Waals surface area contributed by atoms with Gasteiger partial charge in [0, 0.05) is 49.8 Å². The summed E-state index contributed by atoms with van der Waals surface area (Å²) in [7, 11) is 3.41. The zero-order chi connectivity index (χ0) is 24.9. The third kappa shape index (κ3) is 5.09. The molecule has 0 saturated carbocycles. The molecule has 0 bridgehead atoms. The van der Waals surface area contributed by atoms with Crippen molar-refractivity contribution in [3.8, 4) is 17.2 Å². The molecule has 0 amide bonds. The van der Waals surface area contributed by atoms with Crippen molar-refractivity contribution in [3.05, 3.63) is 89.5 Å². The number of rotatable bonds is 9. The molecular weight excluding hydrogens is 448 g/mol. The Morgan fingerprint density at radius 1 is 0.861 bits per heavy atom. The van der Waals surface area contributed by atoms with Crippen molar-refractivity contribution >= 4 is 0 Å². The van der Waals surface area contributed by atoms with Gasteiger partial charge < -0.3 is 14.2 Å². The molecule has 2 fully saturated rings. The first-order valence-electron chi connectivity index (χ1n) is 13.2. The van der Waals surface area contributed by atoms with Crippen LogP contribution >= 0.6 is 0 Å². The van der Waals surface area contributed by atoms with Gasteiger partial charge in [0.15, 0.2) is 0 Å². The second-order valence-electron chi connectivity index (χ2n) is 9.83. The molecule has 36 heavy (non-hydrogen) atoms. The number of piperazine rings is 1. The van der Waals surface area contributed by atoms with Gasteiger partial charge in [0.2, 0.25) is 0 Å². The van der Waals surface area contributed by atoms with E-state index in [9.17, 15) is 0 Å². The van der Waals surface area contributed by atoms with Crippen LogP contribution in [-0.4, -0.2) is 62.3 Å². The standard InChI is InChI=1S/C31H38N2O3/c1-4-36-30-19-26(34-2)18-29(35-3)27(30)21-32-20-25-16-11-17-33(25)28(22-32)31(23-12-7-5-8-13-23)24-14-9-6-10-15-24/h5-10,12-15,18-19,25,28,31H,4,11,16-17,20-22H2,1-3H3/t25-,28-/m0/s1. The Balaban J connectivity index is 1.50. The van der Waals surface area contributed by atoms with E-state index >= 15 is 0 Å². The first kappa shape index (κ1) is 24.7. The summed E-state index contributed by atoms with van der Waals surface area (Å²) in [6.45, 7) is 6.65. The fourth-order valence-corrected chi connectivity index (χ4v) is 6.18. The molecule has 0 aromatic heterocycles. The molecule has 2 aliphatic heterocycles. The van der Waals surface area contributed by atoms with Crippen LogP contribution in [0.3, 0.4) is 0 Å². The molecule has 2 heterocycles. The SMILES string of the molecule is CCOc1cc(OC)cc(OC)c1CN1C[C@@H]2CCCN2[C@H](C(c2ccccc2)c2ccccc2)C1. The minimum atomic E-state index is 0.319. The molecule has 2 atom stereocenters. The first-order valence-corrected chi connectivity index (χ1v) is 13.2. The maximum Gasteiger partial charge on any atom is 0.131 e. The number of ether oxygens (including phenoxy) is 3. The molecule has 0 unspecified atom stereocenters. The van der Waals surface area contributed by atoms with E-state index in [2.05, 4.69) is 70.5 Å². The minimum Gasteiger partial charge on any atom is -0.496 e. The summed E-state index contributed by atoms with van der Waals surface area (Å²) in [6.07, 6.45) is 2.52. The Hall–Kier alpha value is -3.02. The number of hydrogen-bond donors (Lipinski definition) is 0. The summed E-state index contributed by atoms with van der Waals surface area (Å²) in [5, 5.41) is 0. The molecule has 0 aliphatic carbocycles. The van der Waals surface area contributed by atoms with Crippen LogP contribution in [0.5, 0.6) is 17.2 Å². The minimum absolute atomic E-state index is 0.319. The van der Waals surface area contributed by atoms with E-state index in [1.54, 1.807) is 14.2 Å². The van der Waals surface area contributed by atoms with E-state index in [1.165, 1.54) is 30.5 Å². The van der Waals surface area contributed by atoms with Crippen molar-refractivity contribution < 1.29 is 14.2 Å². The summed E-state index contributed by atoms with van der Waals surface area (Å²) in [4.78, 5) is 5.40. The van der Waals surface area contributed by atoms with E-state index in [0.29, 0.717) is 24.6 Å². The lowest BCUT2D eigenvalue weighted by Gasteiger charge is -2.47. The van der Waals surface area contributed by atoms with Gasteiger partial charge in [-0.1, -0.05) is 60.7 Å². The highest BCUT2D eigenvalue weighted by Crippen LogP contribution is 2.40. The fraction of sp³-hybridized carbons (Fsp3) is 0.419. The number of fused-ring (bicyclic) bond motifs is 1. The number of methoxy groups -OCH3 is 2. The van der Waals surface area contributed by atoms with Gasteiger partial charge in [-0.05, 0) is 37.4 Å². The van der Waals surface area contributed by atoms with Crippen molar-refractivity contribution in [3.63, 3.8) is 0 Å². The predicted octanol–water partition coefficient (Wildman–Crippen LogP) is 5.58. The van der Waals surface area contributed by atoms with E-state index in [-0.39, 0.29) is 0 Å². The molecule has 0 N–H and O–H groups in total. The molecule has 5 nitrogen and oxygen atoms in total. The van der Waals surface area contributed by atoms with Crippen molar-refractivity contribution in [2.75, 3.05) is 40.5 Å². The van der Waals surface area contributed by atoms with Crippen LogP contribution in [0, 0.1) is 0 Å². The van der Waals surface area contributed by atoms with Gasteiger partial charge in [-0.2, -0.15) is 0 Å². The van der Waals surface area contributed by atoms with Crippen molar-refractivity contribution in [2.45, 2.75) is 44.3 Å². The van der Waals surface area contributed by atoms with Crippen LogP contribution in [0.2, 0.25) is 0 Å². The molecule has 0 spiro atoms. The maximum absolute atomic E-state index is 6.07. The predicted molar refractivity (Wildman–Crippen MR) is 144 cm³/mol. The van der Waals surface area contributed by atoms with Gasteiger partial charge in [-0.25, -0.2) is 0 Å². The van der Waals surface area contributed by atoms with Gasteiger partial charge in [0.1, 0.15) is 17.2 Å². The lowest BCUT2D eigenvalue weighted by atomic mass is 9.82. The zero-order valence-corrected chi connectivity index (χ0v) is 21.7. The molecule has 3 aromatic carbocycles. The largest absolute Gasteiger partial charge is 0.496 e. The number of nitrogens with zero attached hydrogens (tertiary/aromatic N) is 2. The van der Waals surface area contributed by atoms with Crippen LogP contribution < -0.4 is 14.2 Å². The van der Waals surface area contributed by atoms with Crippen molar-refractivity contribution in [1.82, 2.24) is 9.80 Å². The molecular formula is C31H38N2O3. The zero-order valence-electron chi connectivity index (χ0n) is 21.7. The van der Waals surface area contributed by atoms with E-state index in [0.717, 1.165) is 42.4 Å². The lowest BCUT2D eigenvalue weighted by Crippen LogP contribution is -2.57. The Morgan fingerprint density at radius 2 is 1.53 bits per heavy atom. The van der Waals surface area contributed by atoms with Gasteiger partial charge in [0.25, 0.3) is 0 Å².